The highest BCUT2D eigenvalue weighted by Crippen LogP contribution is 2.10. The van der Waals surface area contributed by atoms with Crippen LogP contribution in [0.5, 0.6) is 0 Å². The van der Waals surface area contributed by atoms with Crippen LogP contribution in [0.15, 0.2) is 0 Å². The first kappa shape index (κ1) is 17.9. The number of ketones is 1. The van der Waals surface area contributed by atoms with Gasteiger partial charge in [-0.15, -0.1) is 0 Å². The molecule has 0 aliphatic rings. The smallest absolute Gasteiger partial charge is 0.303 e. The maximum absolute atomic E-state index is 11.4. The highest BCUT2D eigenvalue weighted by atomic mass is 16.4. The topological polar surface area (TPSA) is 176 Å². The molecule has 1 unspecified atom stereocenters. The number of carboxylic acid groups (broad SMARTS) is 1. The predicted octanol–water partition coefficient (Wildman–Crippen LogP) is -3.78. The lowest BCUT2D eigenvalue weighted by molar-refractivity contribution is -0.154. The molecular weight excluding hydrogens is 264 g/mol. The summed E-state index contributed by atoms with van der Waals surface area (Å²) in [5.41, 5.74) is 0. The third-order valence-corrected chi connectivity index (χ3v) is 2.51. The van der Waals surface area contributed by atoms with Crippen molar-refractivity contribution in [2.45, 2.75) is 43.4 Å². The number of aliphatic hydroxyl groups is 6. The number of carbonyl (C=O) groups excluding carboxylic acids is 1. The molecule has 9 heteroatoms. The first-order valence-electron chi connectivity index (χ1n) is 5.49. The van der Waals surface area contributed by atoms with Crippen molar-refractivity contribution in [3.8, 4) is 0 Å². The van der Waals surface area contributed by atoms with Crippen LogP contribution in [0.3, 0.4) is 0 Å². The summed E-state index contributed by atoms with van der Waals surface area (Å²) in [6, 6.07) is 0. The zero-order valence-corrected chi connectivity index (χ0v) is 9.96. The fourth-order valence-corrected chi connectivity index (χ4v) is 1.29. The van der Waals surface area contributed by atoms with Crippen LogP contribution in [0.4, 0.5) is 0 Å². The van der Waals surface area contributed by atoms with Crippen molar-refractivity contribution in [3.05, 3.63) is 0 Å². The lowest BCUT2D eigenvalue weighted by Crippen LogP contribution is -2.50. The second-order valence-electron chi connectivity index (χ2n) is 4.03. The molecule has 0 aliphatic heterocycles. The minimum Gasteiger partial charge on any atom is -0.481 e. The van der Waals surface area contributed by atoms with E-state index in [4.69, 9.17) is 15.3 Å². The van der Waals surface area contributed by atoms with E-state index >= 15 is 0 Å². The van der Waals surface area contributed by atoms with Crippen LogP contribution in [-0.2, 0) is 9.59 Å². The fourth-order valence-electron chi connectivity index (χ4n) is 1.29. The van der Waals surface area contributed by atoms with E-state index in [2.05, 4.69) is 0 Å². The highest BCUT2D eigenvalue weighted by Gasteiger charge is 2.36. The Bertz CT molecular complexity index is 305. The summed E-state index contributed by atoms with van der Waals surface area (Å²) in [6.45, 7) is -0.902. The second kappa shape index (κ2) is 8.15. The zero-order chi connectivity index (χ0) is 15.2. The van der Waals surface area contributed by atoms with E-state index in [1.165, 1.54) is 0 Å². The number of carboxylic acids is 1. The molecule has 0 rings (SSSR count). The summed E-state index contributed by atoms with van der Waals surface area (Å²) in [5, 5.41) is 63.2. The van der Waals surface area contributed by atoms with Crippen molar-refractivity contribution in [1.29, 1.82) is 0 Å². The van der Waals surface area contributed by atoms with E-state index in [1.54, 1.807) is 0 Å². The van der Waals surface area contributed by atoms with Crippen LogP contribution < -0.4 is 0 Å². The maximum atomic E-state index is 11.4. The van der Waals surface area contributed by atoms with Gasteiger partial charge in [0.05, 0.1) is 6.61 Å². The van der Waals surface area contributed by atoms with E-state index < -0.39 is 61.7 Å². The normalized spacial score (nSPS) is 19.3. The van der Waals surface area contributed by atoms with Crippen LogP contribution in [0.25, 0.3) is 0 Å². The predicted molar refractivity (Wildman–Crippen MR) is 59.0 cm³/mol. The van der Waals surface area contributed by atoms with Crippen LogP contribution in [-0.4, -0.2) is 84.6 Å². The molecule has 5 atom stereocenters. The molecule has 0 aromatic carbocycles. The van der Waals surface area contributed by atoms with Crippen molar-refractivity contribution in [2.75, 3.05) is 6.61 Å². The number of aliphatic carboxylic acids is 1. The Morgan fingerprint density at radius 1 is 0.947 bits per heavy atom. The summed E-state index contributed by atoms with van der Waals surface area (Å²) in [7, 11) is 0. The molecule has 0 aromatic heterocycles. The monoisotopic (exact) mass is 282 g/mol. The van der Waals surface area contributed by atoms with Gasteiger partial charge in [0.2, 0.25) is 0 Å². The number of carbonyl (C=O) groups is 2. The standard InChI is InChI=1S/C10H18O9/c11-3-5(13)8(17)10(19)9(18)7(16)4(12)1-2-6(14)15/h4-5,8-13,17-19H,1-3H2,(H,14,15)/t4?,5-,8-,9+,10+/m1/s1. The fraction of sp³-hybridized carbons (Fsp3) is 0.800. The Balaban J connectivity index is 4.49. The summed E-state index contributed by atoms with van der Waals surface area (Å²) in [6.07, 6.45) is -10.9. The molecule has 0 fully saturated rings. The molecule has 0 aromatic rings. The van der Waals surface area contributed by atoms with Crippen LogP contribution >= 0.6 is 0 Å². The number of rotatable bonds is 9. The van der Waals surface area contributed by atoms with Gasteiger partial charge in [-0.2, -0.15) is 0 Å². The lowest BCUT2D eigenvalue weighted by Gasteiger charge is -2.25. The number of Topliss-reactive ketones (excluding diaryl/α,β-unsaturated/α-hetero) is 1. The van der Waals surface area contributed by atoms with Crippen LogP contribution in [0.2, 0.25) is 0 Å². The van der Waals surface area contributed by atoms with Gasteiger partial charge in [0.15, 0.2) is 5.78 Å². The van der Waals surface area contributed by atoms with Gasteiger partial charge in [-0.3, -0.25) is 9.59 Å². The number of aliphatic hydroxyl groups excluding tert-OH is 6. The van der Waals surface area contributed by atoms with Crippen LogP contribution in [0.1, 0.15) is 12.8 Å². The number of hydrogen-bond donors (Lipinski definition) is 7. The Morgan fingerprint density at radius 2 is 1.47 bits per heavy atom. The summed E-state index contributed by atoms with van der Waals surface area (Å²) >= 11 is 0. The van der Waals surface area contributed by atoms with E-state index in [0.717, 1.165) is 0 Å². The van der Waals surface area contributed by atoms with Gasteiger partial charge < -0.3 is 35.7 Å². The first-order valence-corrected chi connectivity index (χ1v) is 5.49. The van der Waals surface area contributed by atoms with Gasteiger partial charge in [0.25, 0.3) is 0 Å². The highest BCUT2D eigenvalue weighted by molar-refractivity contribution is 5.87. The van der Waals surface area contributed by atoms with Gasteiger partial charge >= 0.3 is 5.97 Å². The second-order valence-corrected chi connectivity index (χ2v) is 4.03. The Hall–Kier alpha value is -1.10. The van der Waals surface area contributed by atoms with E-state index in [9.17, 15) is 30.0 Å². The van der Waals surface area contributed by atoms with Gasteiger partial charge in [0.1, 0.15) is 30.5 Å². The summed E-state index contributed by atoms with van der Waals surface area (Å²) in [4.78, 5) is 21.6. The first-order chi connectivity index (χ1) is 8.72. The van der Waals surface area contributed by atoms with Crippen molar-refractivity contribution in [1.82, 2.24) is 0 Å². The zero-order valence-electron chi connectivity index (χ0n) is 9.96. The third kappa shape index (κ3) is 5.59. The van der Waals surface area contributed by atoms with Gasteiger partial charge in [-0.25, -0.2) is 0 Å². The largest absolute Gasteiger partial charge is 0.481 e. The minimum absolute atomic E-state index is 0.462. The molecule has 0 saturated carbocycles. The Labute approximate surface area is 108 Å². The van der Waals surface area contributed by atoms with Crippen molar-refractivity contribution >= 4 is 11.8 Å². The summed E-state index contributed by atoms with van der Waals surface area (Å²) in [5.74, 6) is -2.53. The van der Waals surface area contributed by atoms with Gasteiger partial charge in [-0.1, -0.05) is 0 Å². The molecule has 7 N–H and O–H groups in total. The molecule has 0 amide bonds. The van der Waals surface area contributed by atoms with E-state index in [1.807, 2.05) is 0 Å². The minimum atomic E-state index is -2.21. The SMILES string of the molecule is O=C(O)CCC(O)C(=O)[C@H](O)[C@@H](O)[C@H](O)[C@H](O)CO. The molecule has 0 saturated heterocycles. The molecule has 0 bridgehead atoms. The molecule has 0 radical (unpaired) electrons. The quantitative estimate of drug-likeness (QED) is 0.223. The van der Waals surface area contributed by atoms with Crippen LogP contribution in [0, 0.1) is 0 Å². The molecule has 0 spiro atoms. The average Bonchev–Trinajstić information content (AvgIpc) is 2.40. The number of hydrogen-bond acceptors (Lipinski definition) is 8. The van der Waals surface area contributed by atoms with Crippen molar-refractivity contribution < 1.29 is 45.3 Å². The molecule has 19 heavy (non-hydrogen) atoms. The molecule has 0 heterocycles. The van der Waals surface area contributed by atoms with Crippen molar-refractivity contribution in [2.24, 2.45) is 0 Å². The van der Waals surface area contributed by atoms with Gasteiger partial charge in [0, 0.05) is 6.42 Å². The molecule has 9 nitrogen and oxygen atoms in total. The molecular formula is C10H18O9. The maximum Gasteiger partial charge on any atom is 0.303 e. The lowest BCUT2D eigenvalue weighted by atomic mass is 9.96. The average molecular weight is 282 g/mol. The van der Waals surface area contributed by atoms with E-state index in [0.29, 0.717) is 0 Å². The van der Waals surface area contributed by atoms with Crippen molar-refractivity contribution in [3.63, 3.8) is 0 Å². The van der Waals surface area contributed by atoms with Gasteiger partial charge in [-0.05, 0) is 6.42 Å². The third-order valence-electron chi connectivity index (χ3n) is 2.51. The molecule has 0 aliphatic carbocycles. The Morgan fingerprint density at radius 3 is 1.89 bits per heavy atom. The molecule has 112 valence electrons. The Kier molecular flexibility index (Phi) is 7.68. The van der Waals surface area contributed by atoms with E-state index in [-0.39, 0.29) is 0 Å². The summed E-state index contributed by atoms with van der Waals surface area (Å²) < 4.78 is 0.